The van der Waals surface area contributed by atoms with Gasteiger partial charge in [-0.25, -0.2) is 5.10 Å². The lowest BCUT2D eigenvalue weighted by atomic mass is 10.2. The van der Waals surface area contributed by atoms with Gasteiger partial charge in [-0.15, -0.1) is 0 Å². The number of H-pyrrole nitrogens is 1. The fourth-order valence-electron chi connectivity index (χ4n) is 1.96. The van der Waals surface area contributed by atoms with Gasteiger partial charge in [-0.2, -0.15) is 10.2 Å². The Kier molecular flexibility index (Phi) is 6.64. The fourth-order valence-corrected chi connectivity index (χ4v) is 2.09. The van der Waals surface area contributed by atoms with E-state index in [0.717, 1.165) is 6.42 Å². The molecule has 1 aromatic carbocycles. The molecular formula is C16H19ClN4O4. The first kappa shape index (κ1) is 18.6. The molecule has 0 aliphatic rings. The highest BCUT2D eigenvalue weighted by Gasteiger charge is 2.13. The van der Waals surface area contributed by atoms with E-state index in [2.05, 4.69) is 20.7 Å². The average molecular weight is 367 g/mol. The molecule has 2 rings (SSSR count). The van der Waals surface area contributed by atoms with Crippen molar-refractivity contribution in [1.29, 1.82) is 0 Å². The third-order valence-electron chi connectivity index (χ3n) is 3.13. The number of aromatic amines is 1. The number of hydrazone groups is 1. The van der Waals surface area contributed by atoms with Crippen molar-refractivity contribution in [3.05, 3.63) is 39.3 Å². The molecule has 0 aliphatic carbocycles. The molecule has 2 aromatic rings. The van der Waals surface area contributed by atoms with Crippen LogP contribution < -0.4 is 25.2 Å². The van der Waals surface area contributed by atoms with E-state index in [1.807, 2.05) is 6.92 Å². The molecule has 0 radical (unpaired) electrons. The number of nitrogens with one attached hydrogen (secondary N) is 2. The Hall–Kier alpha value is -2.74. The molecule has 2 N–H and O–H groups in total. The first-order valence-electron chi connectivity index (χ1n) is 7.51. The van der Waals surface area contributed by atoms with Crippen LogP contribution in [0.15, 0.2) is 28.2 Å². The van der Waals surface area contributed by atoms with Gasteiger partial charge in [0.1, 0.15) is 10.7 Å². The predicted octanol–water partition coefficient (Wildman–Crippen LogP) is 2.68. The number of methoxy groups -OCH3 is 2. The third kappa shape index (κ3) is 4.63. The van der Waals surface area contributed by atoms with Gasteiger partial charge in [-0.1, -0.05) is 18.5 Å². The molecule has 0 fully saturated rings. The minimum Gasteiger partial charge on any atom is -0.493 e. The number of anilines is 1. The molecule has 0 aliphatic heterocycles. The summed E-state index contributed by atoms with van der Waals surface area (Å²) in [5, 5.41) is 9.91. The van der Waals surface area contributed by atoms with Crippen LogP contribution in [0.2, 0.25) is 5.02 Å². The van der Waals surface area contributed by atoms with Crippen LogP contribution in [-0.4, -0.2) is 37.2 Å². The molecule has 0 spiro atoms. The Morgan fingerprint density at radius 1 is 1.32 bits per heavy atom. The van der Waals surface area contributed by atoms with E-state index in [4.69, 9.17) is 25.8 Å². The van der Waals surface area contributed by atoms with Crippen molar-refractivity contribution < 1.29 is 14.2 Å². The van der Waals surface area contributed by atoms with Crippen LogP contribution in [0.1, 0.15) is 18.9 Å². The van der Waals surface area contributed by atoms with Crippen LogP contribution in [-0.2, 0) is 0 Å². The van der Waals surface area contributed by atoms with Gasteiger partial charge in [0.25, 0.3) is 5.56 Å². The van der Waals surface area contributed by atoms with Crippen LogP contribution in [0.3, 0.4) is 0 Å². The van der Waals surface area contributed by atoms with Crippen LogP contribution in [0.25, 0.3) is 0 Å². The summed E-state index contributed by atoms with van der Waals surface area (Å²) in [4.78, 5) is 11.4. The van der Waals surface area contributed by atoms with Crippen LogP contribution in [0.5, 0.6) is 17.2 Å². The molecule has 0 unspecified atom stereocenters. The summed E-state index contributed by atoms with van der Waals surface area (Å²) in [5.41, 5.74) is 3.17. The van der Waals surface area contributed by atoms with Gasteiger partial charge in [0.15, 0.2) is 11.5 Å². The highest BCUT2D eigenvalue weighted by molar-refractivity contribution is 6.32. The largest absolute Gasteiger partial charge is 0.493 e. The van der Waals surface area contributed by atoms with Gasteiger partial charge in [0.05, 0.1) is 33.2 Å². The van der Waals surface area contributed by atoms with Crippen molar-refractivity contribution in [1.82, 2.24) is 10.2 Å². The summed E-state index contributed by atoms with van der Waals surface area (Å²) in [6, 6.07) is 3.52. The third-order valence-corrected chi connectivity index (χ3v) is 3.50. The number of benzene rings is 1. The van der Waals surface area contributed by atoms with E-state index in [0.29, 0.717) is 35.1 Å². The zero-order valence-electron chi connectivity index (χ0n) is 14.1. The Morgan fingerprint density at radius 2 is 2.00 bits per heavy atom. The monoisotopic (exact) mass is 366 g/mol. The Morgan fingerprint density at radius 3 is 2.60 bits per heavy atom. The normalized spacial score (nSPS) is 10.7. The second-order valence-corrected chi connectivity index (χ2v) is 5.28. The molecule has 0 bridgehead atoms. The number of hydrogen-bond donors (Lipinski definition) is 2. The number of hydrogen-bond acceptors (Lipinski definition) is 7. The molecule has 1 heterocycles. The van der Waals surface area contributed by atoms with Gasteiger partial charge in [-0.05, 0) is 18.6 Å². The quantitative estimate of drug-likeness (QED) is 0.550. The Balaban J connectivity index is 2.24. The molecular weight excluding hydrogens is 348 g/mol. The van der Waals surface area contributed by atoms with E-state index >= 15 is 0 Å². The number of aromatic nitrogens is 2. The maximum atomic E-state index is 11.4. The van der Waals surface area contributed by atoms with Gasteiger partial charge < -0.3 is 14.2 Å². The van der Waals surface area contributed by atoms with E-state index in [-0.39, 0.29) is 5.02 Å². The first-order chi connectivity index (χ1) is 12.1. The Labute approximate surface area is 149 Å². The summed E-state index contributed by atoms with van der Waals surface area (Å²) in [6.07, 6.45) is 3.76. The smallest absolute Gasteiger partial charge is 0.285 e. The molecule has 0 atom stereocenters. The fraction of sp³-hybridized carbons (Fsp3) is 0.312. The summed E-state index contributed by atoms with van der Waals surface area (Å²) < 4.78 is 16.4. The predicted molar refractivity (Wildman–Crippen MR) is 96.4 cm³/mol. The average Bonchev–Trinajstić information content (AvgIpc) is 2.63. The van der Waals surface area contributed by atoms with Crippen molar-refractivity contribution in [3.63, 3.8) is 0 Å². The van der Waals surface area contributed by atoms with Gasteiger partial charge in [0, 0.05) is 5.56 Å². The molecule has 0 amide bonds. The second kappa shape index (κ2) is 8.93. The lowest BCUT2D eigenvalue weighted by Gasteiger charge is -2.14. The minimum absolute atomic E-state index is 0.0226. The molecule has 0 saturated heterocycles. The lowest BCUT2D eigenvalue weighted by molar-refractivity contribution is 0.275. The second-order valence-electron chi connectivity index (χ2n) is 4.90. The van der Waals surface area contributed by atoms with Gasteiger partial charge >= 0.3 is 0 Å². The van der Waals surface area contributed by atoms with Crippen molar-refractivity contribution >= 4 is 23.5 Å². The Bertz CT molecular complexity index is 782. The maximum absolute atomic E-state index is 11.4. The van der Waals surface area contributed by atoms with Crippen molar-refractivity contribution in [2.45, 2.75) is 13.3 Å². The zero-order chi connectivity index (χ0) is 18.2. The molecule has 8 nitrogen and oxygen atoms in total. The SMILES string of the molecule is CCCOc1c(OC)cc(/C=N\Nc2cn[nH]c(=O)c2Cl)cc1OC. The summed E-state index contributed by atoms with van der Waals surface area (Å²) in [6.45, 7) is 2.57. The van der Waals surface area contributed by atoms with E-state index < -0.39 is 5.56 Å². The van der Waals surface area contributed by atoms with Crippen LogP contribution in [0.4, 0.5) is 5.69 Å². The maximum Gasteiger partial charge on any atom is 0.285 e. The minimum atomic E-state index is -0.498. The molecule has 9 heteroatoms. The highest BCUT2D eigenvalue weighted by Crippen LogP contribution is 2.38. The van der Waals surface area contributed by atoms with Gasteiger partial charge in [0.2, 0.25) is 5.75 Å². The number of ether oxygens (including phenoxy) is 3. The number of halogens is 1. The molecule has 25 heavy (non-hydrogen) atoms. The van der Waals surface area contributed by atoms with Crippen LogP contribution >= 0.6 is 11.6 Å². The topological polar surface area (TPSA) is 97.8 Å². The first-order valence-corrected chi connectivity index (χ1v) is 7.89. The van der Waals surface area contributed by atoms with Crippen LogP contribution in [0, 0.1) is 0 Å². The van der Waals surface area contributed by atoms with E-state index in [1.54, 1.807) is 26.4 Å². The molecule has 0 saturated carbocycles. The molecule has 1 aromatic heterocycles. The van der Waals surface area contributed by atoms with Crippen molar-refractivity contribution in [2.24, 2.45) is 5.10 Å². The van der Waals surface area contributed by atoms with E-state index in [1.165, 1.54) is 12.4 Å². The number of nitrogens with zero attached hydrogens (tertiary/aromatic N) is 2. The van der Waals surface area contributed by atoms with Crippen molar-refractivity contribution in [3.8, 4) is 17.2 Å². The van der Waals surface area contributed by atoms with E-state index in [9.17, 15) is 4.79 Å². The highest BCUT2D eigenvalue weighted by atomic mass is 35.5. The summed E-state index contributed by atoms with van der Waals surface area (Å²) in [7, 11) is 3.10. The summed E-state index contributed by atoms with van der Waals surface area (Å²) in [5.74, 6) is 1.61. The number of rotatable bonds is 8. The molecule has 134 valence electrons. The standard InChI is InChI=1S/C16H19ClN4O4/c1-4-5-25-15-12(23-2)6-10(7-13(15)24-3)8-18-20-11-9-19-21-16(22)14(11)17/h6-9H,4-5H2,1-3H3,(H2,20,21,22)/b18-8-. The van der Waals surface area contributed by atoms with Crippen molar-refractivity contribution in [2.75, 3.05) is 26.3 Å². The zero-order valence-corrected chi connectivity index (χ0v) is 14.9. The lowest BCUT2D eigenvalue weighted by Crippen LogP contribution is -2.10. The summed E-state index contributed by atoms with van der Waals surface area (Å²) >= 11 is 5.86. The van der Waals surface area contributed by atoms with Gasteiger partial charge in [-0.3, -0.25) is 10.2 Å².